The van der Waals surface area contributed by atoms with E-state index in [0.717, 1.165) is 38.5 Å². The summed E-state index contributed by atoms with van der Waals surface area (Å²) >= 11 is 0. The lowest BCUT2D eigenvalue weighted by Crippen LogP contribution is -2.20. The largest absolute Gasteiger partial charge is 0.507 e. The Morgan fingerprint density at radius 1 is 0.788 bits per heavy atom. The summed E-state index contributed by atoms with van der Waals surface area (Å²) in [5.74, 6) is 0.666. The number of phenolic OH excluding ortho intramolecular Hbond substituents is 1. The highest BCUT2D eigenvalue weighted by molar-refractivity contribution is 6.01. The number of fused-ring (bicyclic) bond motifs is 2. The molecule has 162 valence electrons. The number of amides is 2. The number of anilines is 2. The SMILES string of the molecule is Cc1cc(-c2ccc3ncc(NC(=O)Nc4ccc5ccccc5c4)nc3c2)cc(C)c1O. The van der Waals surface area contributed by atoms with Gasteiger partial charge in [0.1, 0.15) is 5.75 Å². The van der Waals surface area contributed by atoms with Crippen LogP contribution >= 0.6 is 0 Å². The van der Waals surface area contributed by atoms with Crippen LogP contribution in [-0.2, 0) is 0 Å². The van der Waals surface area contributed by atoms with Crippen molar-refractivity contribution in [3.8, 4) is 16.9 Å². The van der Waals surface area contributed by atoms with Crippen molar-refractivity contribution < 1.29 is 9.90 Å². The zero-order valence-corrected chi connectivity index (χ0v) is 18.3. The van der Waals surface area contributed by atoms with Crippen LogP contribution in [0.1, 0.15) is 11.1 Å². The van der Waals surface area contributed by atoms with Crippen molar-refractivity contribution in [2.75, 3.05) is 10.6 Å². The number of nitrogens with one attached hydrogen (secondary N) is 2. The third-order valence-corrected chi connectivity index (χ3v) is 5.62. The van der Waals surface area contributed by atoms with Gasteiger partial charge in [0, 0.05) is 5.69 Å². The Balaban J connectivity index is 1.38. The van der Waals surface area contributed by atoms with E-state index < -0.39 is 0 Å². The van der Waals surface area contributed by atoms with E-state index in [2.05, 4.69) is 20.6 Å². The molecule has 6 nitrogen and oxygen atoms in total. The maximum Gasteiger partial charge on any atom is 0.324 e. The van der Waals surface area contributed by atoms with Crippen LogP contribution in [0.5, 0.6) is 5.75 Å². The number of carbonyl (C=O) groups excluding carboxylic acids is 1. The third-order valence-electron chi connectivity index (χ3n) is 5.62. The third kappa shape index (κ3) is 4.19. The number of nitrogens with zero attached hydrogens (tertiary/aromatic N) is 2. The maximum absolute atomic E-state index is 12.5. The van der Waals surface area contributed by atoms with E-state index in [1.54, 1.807) is 0 Å². The van der Waals surface area contributed by atoms with Crippen molar-refractivity contribution in [2.24, 2.45) is 0 Å². The van der Waals surface area contributed by atoms with E-state index in [1.807, 2.05) is 86.6 Å². The van der Waals surface area contributed by atoms with E-state index in [0.29, 0.717) is 22.8 Å². The lowest BCUT2D eigenvalue weighted by molar-refractivity contribution is 0.262. The Morgan fingerprint density at radius 3 is 2.33 bits per heavy atom. The van der Waals surface area contributed by atoms with E-state index >= 15 is 0 Å². The van der Waals surface area contributed by atoms with Gasteiger partial charge in [-0.3, -0.25) is 10.3 Å². The van der Waals surface area contributed by atoms with E-state index in [1.165, 1.54) is 6.20 Å². The van der Waals surface area contributed by atoms with Crippen LogP contribution in [0.3, 0.4) is 0 Å². The fraction of sp³-hybridized carbons (Fsp3) is 0.0741. The van der Waals surface area contributed by atoms with Gasteiger partial charge < -0.3 is 10.4 Å². The highest BCUT2D eigenvalue weighted by Crippen LogP contribution is 2.30. The number of hydrogen-bond acceptors (Lipinski definition) is 4. The average Bonchev–Trinajstić information content (AvgIpc) is 2.81. The number of benzene rings is 4. The minimum Gasteiger partial charge on any atom is -0.507 e. The zero-order valence-electron chi connectivity index (χ0n) is 18.3. The molecule has 5 rings (SSSR count). The van der Waals surface area contributed by atoms with Crippen molar-refractivity contribution in [3.63, 3.8) is 0 Å². The lowest BCUT2D eigenvalue weighted by Gasteiger charge is -2.10. The van der Waals surface area contributed by atoms with Gasteiger partial charge in [-0.2, -0.15) is 0 Å². The molecule has 0 spiro atoms. The van der Waals surface area contributed by atoms with Crippen molar-refractivity contribution in [3.05, 3.63) is 90.1 Å². The number of hydrogen-bond donors (Lipinski definition) is 3. The summed E-state index contributed by atoms with van der Waals surface area (Å²) < 4.78 is 0. The molecule has 0 aliphatic rings. The fourth-order valence-electron chi connectivity index (χ4n) is 3.92. The summed E-state index contributed by atoms with van der Waals surface area (Å²) in [7, 11) is 0. The predicted molar refractivity (Wildman–Crippen MR) is 133 cm³/mol. The molecule has 0 aliphatic heterocycles. The van der Waals surface area contributed by atoms with Crippen LogP contribution in [0.2, 0.25) is 0 Å². The zero-order chi connectivity index (χ0) is 22.9. The first kappa shape index (κ1) is 20.5. The minimum atomic E-state index is -0.389. The molecular formula is C27H22N4O2. The minimum absolute atomic E-state index is 0.309. The maximum atomic E-state index is 12.5. The predicted octanol–water partition coefficient (Wildman–Crippen LogP) is 6.42. The van der Waals surface area contributed by atoms with Crippen LogP contribution in [0, 0.1) is 13.8 Å². The molecule has 1 aromatic heterocycles. The number of aryl methyl sites for hydroxylation is 2. The van der Waals surface area contributed by atoms with Gasteiger partial charge in [0.05, 0.1) is 17.2 Å². The van der Waals surface area contributed by atoms with Gasteiger partial charge in [0.25, 0.3) is 0 Å². The number of aromatic hydroxyl groups is 1. The molecule has 1 heterocycles. The Kier molecular flexibility index (Phi) is 5.11. The lowest BCUT2D eigenvalue weighted by atomic mass is 9.99. The Morgan fingerprint density at radius 2 is 1.55 bits per heavy atom. The molecule has 3 N–H and O–H groups in total. The first-order valence-corrected chi connectivity index (χ1v) is 10.6. The molecule has 0 atom stereocenters. The van der Waals surface area contributed by atoms with Crippen molar-refractivity contribution in [1.29, 1.82) is 0 Å². The Bertz CT molecular complexity index is 1500. The van der Waals surface area contributed by atoms with Crippen molar-refractivity contribution in [1.82, 2.24) is 9.97 Å². The van der Waals surface area contributed by atoms with Gasteiger partial charge in [-0.05, 0) is 83.3 Å². The Labute approximate surface area is 190 Å². The van der Waals surface area contributed by atoms with Crippen molar-refractivity contribution in [2.45, 2.75) is 13.8 Å². The summed E-state index contributed by atoms with van der Waals surface area (Å²) in [6, 6.07) is 23.0. The van der Waals surface area contributed by atoms with E-state index in [4.69, 9.17) is 0 Å². The second-order valence-corrected chi connectivity index (χ2v) is 8.06. The number of carbonyl (C=O) groups is 1. The Hall–Kier alpha value is -4.45. The summed E-state index contributed by atoms with van der Waals surface area (Å²) in [5.41, 5.74) is 5.67. The summed E-state index contributed by atoms with van der Waals surface area (Å²) in [6.07, 6.45) is 1.54. The topological polar surface area (TPSA) is 87.1 Å². The van der Waals surface area contributed by atoms with Gasteiger partial charge in [0.2, 0.25) is 0 Å². The second kappa shape index (κ2) is 8.24. The average molecular weight is 434 g/mol. The molecule has 0 saturated carbocycles. The van der Waals surface area contributed by atoms with Crippen LogP contribution in [0.15, 0.2) is 79.0 Å². The number of rotatable bonds is 3. The van der Waals surface area contributed by atoms with Crippen LogP contribution in [0.4, 0.5) is 16.3 Å². The number of aromatic nitrogens is 2. The second-order valence-electron chi connectivity index (χ2n) is 8.06. The fourth-order valence-corrected chi connectivity index (χ4v) is 3.92. The molecular weight excluding hydrogens is 412 g/mol. The molecule has 0 bridgehead atoms. The first-order chi connectivity index (χ1) is 16.0. The van der Waals surface area contributed by atoms with Crippen LogP contribution in [-0.4, -0.2) is 21.1 Å². The van der Waals surface area contributed by atoms with Crippen LogP contribution < -0.4 is 10.6 Å². The highest BCUT2D eigenvalue weighted by atomic mass is 16.3. The van der Waals surface area contributed by atoms with Crippen molar-refractivity contribution >= 4 is 39.3 Å². The highest BCUT2D eigenvalue weighted by Gasteiger charge is 2.09. The first-order valence-electron chi connectivity index (χ1n) is 10.6. The molecule has 0 aliphatic carbocycles. The van der Waals surface area contributed by atoms with E-state index in [9.17, 15) is 9.90 Å². The number of phenols is 1. The molecule has 0 unspecified atom stereocenters. The summed E-state index contributed by atoms with van der Waals surface area (Å²) in [6.45, 7) is 3.76. The van der Waals surface area contributed by atoms with Gasteiger partial charge in [-0.1, -0.05) is 36.4 Å². The molecule has 0 saturated heterocycles. The standard InChI is InChI=1S/C27H22N4O2/c1-16-11-21(12-17(2)26(16)32)20-8-10-23-24(14-20)30-25(15-28-23)31-27(33)29-22-9-7-18-5-3-4-6-19(18)13-22/h3-15,32H,1-2H3,(H2,29,30,31,33). The smallest absolute Gasteiger partial charge is 0.324 e. The number of urea groups is 1. The summed E-state index contributed by atoms with van der Waals surface area (Å²) in [5, 5.41) is 17.8. The molecule has 0 fully saturated rings. The van der Waals surface area contributed by atoms with E-state index in [-0.39, 0.29) is 6.03 Å². The molecule has 4 aromatic carbocycles. The van der Waals surface area contributed by atoms with Gasteiger partial charge >= 0.3 is 6.03 Å². The molecule has 6 heteroatoms. The molecule has 0 radical (unpaired) electrons. The molecule has 33 heavy (non-hydrogen) atoms. The quantitative estimate of drug-likeness (QED) is 0.306. The van der Waals surface area contributed by atoms with Gasteiger partial charge in [-0.15, -0.1) is 0 Å². The van der Waals surface area contributed by atoms with Gasteiger partial charge in [0.15, 0.2) is 5.82 Å². The van der Waals surface area contributed by atoms with Crippen LogP contribution in [0.25, 0.3) is 32.9 Å². The normalized spacial score (nSPS) is 11.0. The molecule has 5 aromatic rings. The van der Waals surface area contributed by atoms with Gasteiger partial charge in [-0.25, -0.2) is 9.78 Å². The monoisotopic (exact) mass is 434 g/mol. The summed E-state index contributed by atoms with van der Waals surface area (Å²) in [4.78, 5) is 21.5. The molecule has 2 amide bonds.